The Bertz CT molecular complexity index is 654. The molecule has 1 aliphatic rings. The molecular formula is C17H15NO3. The van der Waals surface area contributed by atoms with E-state index in [9.17, 15) is 9.59 Å². The van der Waals surface area contributed by atoms with Crippen LogP contribution >= 0.6 is 0 Å². The number of para-hydroxylation sites is 1. The molecule has 0 N–H and O–H groups in total. The highest BCUT2D eigenvalue weighted by atomic mass is 16.6. The van der Waals surface area contributed by atoms with Crippen LogP contribution in [0.15, 0.2) is 54.6 Å². The molecule has 2 aromatic rings. The second-order valence-corrected chi connectivity index (χ2v) is 4.95. The topological polar surface area (TPSA) is 46.6 Å². The molecule has 0 fully saturated rings. The van der Waals surface area contributed by atoms with Gasteiger partial charge in [-0.15, -0.1) is 0 Å². The Hall–Kier alpha value is -2.62. The van der Waals surface area contributed by atoms with E-state index in [1.807, 2.05) is 54.6 Å². The minimum atomic E-state index is -0.485. The summed E-state index contributed by atoms with van der Waals surface area (Å²) >= 11 is 0. The third-order valence-electron chi connectivity index (χ3n) is 3.57. The average molecular weight is 281 g/mol. The zero-order chi connectivity index (χ0) is 14.7. The van der Waals surface area contributed by atoms with Crippen molar-refractivity contribution < 1.29 is 14.3 Å². The Morgan fingerprint density at radius 3 is 2.62 bits per heavy atom. The van der Waals surface area contributed by atoms with E-state index >= 15 is 0 Å². The number of anilines is 1. The number of nitrogens with zero attached hydrogens (tertiary/aromatic N) is 1. The van der Waals surface area contributed by atoms with Crippen molar-refractivity contribution in [1.82, 2.24) is 0 Å². The summed E-state index contributed by atoms with van der Waals surface area (Å²) in [6.07, 6.45) is 0.852. The van der Waals surface area contributed by atoms with Crippen LogP contribution in [0.4, 0.5) is 10.5 Å². The quantitative estimate of drug-likeness (QED) is 0.813. The Labute approximate surface area is 123 Å². The first-order chi connectivity index (χ1) is 10.3. The highest BCUT2D eigenvalue weighted by Gasteiger charge is 2.34. The number of amides is 1. The second-order valence-electron chi connectivity index (χ2n) is 4.95. The van der Waals surface area contributed by atoms with Crippen LogP contribution in [0.1, 0.15) is 11.1 Å². The Kier molecular flexibility index (Phi) is 3.69. The summed E-state index contributed by atoms with van der Waals surface area (Å²) in [6, 6.07) is 16.5. The van der Waals surface area contributed by atoms with E-state index in [1.54, 1.807) is 0 Å². The molecule has 4 nitrogen and oxygen atoms in total. The number of hydrogen-bond donors (Lipinski definition) is 0. The summed E-state index contributed by atoms with van der Waals surface area (Å²) in [5, 5.41) is 0. The van der Waals surface area contributed by atoms with Gasteiger partial charge in [-0.05, 0) is 17.2 Å². The van der Waals surface area contributed by atoms with Crippen LogP contribution < -0.4 is 4.90 Å². The van der Waals surface area contributed by atoms with Crippen LogP contribution in [0.25, 0.3) is 0 Å². The third-order valence-corrected chi connectivity index (χ3v) is 3.57. The SMILES string of the molecule is O=CC1Cc2ccccc2N1C(=O)OCc1ccccc1. The van der Waals surface area contributed by atoms with Gasteiger partial charge < -0.3 is 9.53 Å². The standard InChI is InChI=1S/C17H15NO3/c19-11-15-10-14-8-4-5-9-16(14)18(15)17(20)21-12-13-6-2-1-3-7-13/h1-9,11,15H,10,12H2. The summed E-state index contributed by atoms with van der Waals surface area (Å²) in [4.78, 5) is 24.9. The number of hydrogen-bond acceptors (Lipinski definition) is 3. The van der Waals surface area contributed by atoms with Crippen molar-refractivity contribution >= 4 is 18.1 Å². The van der Waals surface area contributed by atoms with Gasteiger partial charge in [-0.1, -0.05) is 48.5 Å². The minimum absolute atomic E-state index is 0.198. The highest BCUT2D eigenvalue weighted by Crippen LogP contribution is 2.31. The molecule has 1 amide bonds. The average Bonchev–Trinajstić information content (AvgIpc) is 2.92. The molecule has 0 aliphatic carbocycles. The monoisotopic (exact) mass is 281 g/mol. The molecule has 0 spiro atoms. The van der Waals surface area contributed by atoms with Gasteiger partial charge in [-0.2, -0.15) is 0 Å². The molecule has 1 unspecified atom stereocenters. The van der Waals surface area contributed by atoms with E-state index in [0.29, 0.717) is 6.42 Å². The van der Waals surface area contributed by atoms with Crippen LogP contribution in [-0.2, 0) is 22.6 Å². The van der Waals surface area contributed by atoms with Crippen LogP contribution in [0.5, 0.6) is 0 Å². The van der Waals surface area contributed by atoms with Crippen molar-refractivity contribution in [1.29, 1.82) is 0 Å². The lowest BCUT2D eigenvalue weighted by atomic mass is 10.1. The van der Waals surface area contributed by atoms with Crippen molar-refractivity contribution in [3.05, 3.63) is 65.7 Å². The molecule has 1 heterocycles. The van der Waals surface area contributed by atoms with Gasteiger partial charge in [-0.3, -0.25) is 4.90 Å². The Morgan fingerprint density at radius 1 is 1.14 bits per heavy atom. The lowest BCUT2D eigenvalue weighted by Crippen LogP contribution is -2.39. The van der Waals surface area contributed by atoms with Crippen LogP contribution in [0.2, 0.25) is 0 Å². The smallest absolute Gasteiger partial charge is 0.415 e. The molecule has 0 aromatic heterocycles. The van der Waals surface area contributed by atoms with Gasteiger partial charge in [0.1, 0.15) is 12.9 Å². The first kappa shape index (κ1) is 13.4. The zero-order valence-corrected chi connectivity index (χ0v) is 11.4. The number of benzene rings is 2. The lowest BCUT2D eigenvalue weighted by Gasteiger charge is -2.21. The van der Waals surface area contributed by atoms with Crippen molar-refractivity contribution in [2.75, 3.05) is 4.90 Å². The predicted molar refractivity (Wildman–Crippen MR) is 79.1 cm³/mol. The lowest BCUT2D eigenvalue weighted by molar-refractivity contribution is -0.108. The molecule has 0 radical (unpaired) electrons. The molecule has 1 atom stereocenters. The maximum atomic E-state index is 12.3. The fourth-order valence-electron chi connectivity index (χ4n) is 2.55. The maximum absolute atomic E-state index is 12.3. The number of carbonyl (C=O) groups excluding carboxylic acids is 2. The molecule has 106 valence electrons. The van der Waals surface area contributed by atoms with Crippen LogP contribution in [0, 0.1) is 0 Å². The van der Waals surface area contributed by atoms with Crippen LogP contribution in [-0.4, -0.2) is 18.4 Å². The molecule has 0 bridgehead atoms. The van der Waals surface area contributed by atoms with Gasteiger partial charge in [0.15, 0.2) is 0 Å². The van der Waals surface area contributed by atoms with E-state index in [4.69, 9.17) is 4.74 Å². The van der Waals surface area contributed by atoms with Gasteiger partial charge in [0, 0.05) is 6.42 Å². The van der Waals surface area contributed by atoms with E-state index in [0.717, 1.165) is 23.1 Å². The summed E-state index contributed by atoms with van der Waals surface area (Å²) in [5.74, 6) is 0. The summed E-state index contributed by atoms with van der Waals surface area (Å²) in [6.45, 7) is 0.198. The largest absolute Gasteiger partial charge is 0.444 e. The van der Waals surface area contributed by atoms with Crippen molar-refractivity contribution in [3.63, 3.8) is 0 Å². The first-order valence-electron chi connectivity index (χ1n) is 6.82. The second kappa shape index (κ2) is 5.79. The summed E-state index contributed by atoms with van der Waals surface area (Å²) in [7, 11) is 0. The van der Waals surface area contributed by atoms with Crippen molar-refractivity contribution in [2.45, 2.75) is 19.1 Å². The number of carbonyl (C=O) groups is 2. The predicted octanol–water partition coefficient (Wildman–Crippen LogP) is 2.95. The van der Waals surface area contributed by atoms with Crippen molar-refractivity contribution in [3.8, 4) is 0 Å². The van der Waals surface area contributed by atoms with Gasteiger partial charge >= 0.3 is 6.09 Å². The number of fused-ring (bicyclic) bond motifs is 1. The van der Waals surface area contributed by atoms with E-state index in [2.05, 4.69) is 0 Å². The third kappa shape index (κ3) is 2.65. The van der Waals surface area contributed by atoms with E-state index < -0.39 is 12.1 Å². The Balaban J connectivity index is 1.75. The Morgan fingerprint density at radius 2 is 1.86 bits per heavy atom. The molecule has 3 rings (SSSR count). The molecule has 0 saturated carbocycles. The number of ether oxygens (including phenoxy) is 1. The number of rotatable bonds is 3. The molecule has 4 heteroatoms. The fraction of sp³-hybridized carbons (Fsp3) is 0.176. The fourth-order valence-corrected chi connectivity index (χ4v) is 2.55. The maximum Gasteiger partial charge on any atom is 0.415 e. The highest BCUT2D eigenvalue weighted by molar-refractivity contribution is 5.95. The van der Waals surface area contributed by atoms with Gasteiger partial charge in [0.05, 0.1) is 11.7 Å². The molecule has 1 aliphatic heterocycles. The van der Waals surface area contributed by atoms with Gasteiger partial charge in [0.25, 0.3) is 0 Å². The molecular weight excluding hydrogens is 266 g/mol. The van der Waals surface area contributed by atoms with E-state index in [-0.39, 0.29) is 6.61 Å². The normalized spacial score (nSPS) is 16.4. The molecule has 21 heavy (non-hydrogen) atoms. The van der Waals surface area contributed by atoms with Crippen LogP contribution in [0.3, 0.4) is 0 Å². The first-order valence-corrected chi connectivity index (χ1v) is 6.82. The summed E-state index contributed by atoms with van der Waals surface area (Å²) < 4.78 is 5.33. The molecule has 2 aromatic carbocycles. The minimum Gasteiger partial charge on any atom is -0.444 e. The molecule has 0 saturated heterocycles. The van der Waals surface area contributed by atoms with Crippen molar-refractivity contribution in [2.24, 2.45) is 0 Å². The van der Waals surface area contributed by atoms with Gasteiger partial charge in [-0.25, -0.2) is 4.79 Å². The number of aldehydes is 1. The van der Waals surface area contributed by atoms with E-state index in [1.165, 1.54) is 4.90 Å². The van der Waals surface area contributed by atoms with Gasteiger partial charge in [0.2, 0.25) is 0 Å². The summed E-state index contributed by atoms with van der Waals surface area (Å²) in [5.41, 5.74) is 2.67. The zero-order valence-electron chi connectivity index (χ0n) is 11.4.